The number of amides is 1. The summed E-state index contributed by atoms with van der Waals surface area (Å²) < 4.78 is 25.7. The van der Waals surface area contributed by atoms with Gasteiger partial charge in [-0.2, -0.15) is 0 Å². The lowest BCUT2D eigenvalue weighted by Crippen LogP contribution is -2.24. The maximum atomic E-state index is 13.0. The van der Waals surface area contributed by atoms with Gasteiger partial charge in [-0.15, -0.1) is 22.9 Å². The van der Waals surface area contributed by atoms with Crippen molar-refractivity contribution in [3.05, 3.63) is 51.5 Å². The summed E-state index contributed by atoms with van der Waals surface area (Å²) >= 11 is 6.99. The third-order valence-corrected chi connectivity index (χ3v) is 3.69. The van der Waals surface area contributed by atoms with Crippen LogP contribution in [0.15, 0.2) is 23.6 Å². The van der Waals surface area contributed by atoms with Gasteiger partial charge in [-0.05, 0) is 17.7 Å². The molecule has 1 aromatic heterocycles. The van der Waals surface area contributed by atoms with E-state index in [1.54, 1.807) is 5.38 Å². The van der Waals surface area contributed by atoms with Crippen LogP contribution in [0.25, 0.3) is 0 Å². The molecule has 1 aromatic carbocycles. The van der Waals surface area contributed by atoms with E-state index < -0.39 is 11.6 Å². The van der Waals surface area contributed by atoms with Crippen LogP contribution in [0.2, 0.25) is 0 Å². The van der Waals surface area contributed by atoms with Gasteiger partial charge in [0.15, 0.2) is 11.6 Å². The maximum absolute atomic E-state index is 13.0. The summed E-state index contributed by atoms with van der Waals surface area (Å²) in [6, 6.07) is 3.52. The first kappa shape index (κ1) is 14.9. The van der Waals surface area contributed by atoms with E-state index >= 15 is 0 Å². The highest BCUT2D eigenvalue weighted by molar-refractivity contribution is 7.09. The number of hydrogen-bond donors (Lipinski definition) is 1. The molecule has 0 saturated carbocycles. The number of thiazole rings is 1. The van der Waals surface area contributed by atoms with E-state index in [2.05, 4.69) is 10.3 Å². The molecule has 0 unspecified atom stereocenters. The van der Waals surface area contributed by atoms with Gasteiger partial charge in [-0.3, -0.25) is 4.79 Å². The SMILES string of the molecule is O=C(Cc1nc(CCl)cs1)NCc1ccc(F)c(F)c1. The van der Waals surface area contributed by atoms with Crippen molar-refractivity contribution in [2.75, 3.05) is 0 Å². The van der Waals surface area contributed by atoms with E-state index in [9.17, 15) is 13.6 Å². The highest BCUT2D eigenvalue weighted by atomic mass is 35.5. The van der Waals surface area contributed by atoms with Crippen LogP contribution in [0.3, 0.4) is 0 Å². The Kier molecular flexibility index (Phi) is 5.03. The second-order valence-corrected chi connectivity index (χ2v) is 5.28. The van der Waals surface area contributed by atoms with Crippen LogP contribution >= 0.6 is 22.9 Å². The molecular formula is C13H11ClF2N2OS. The van der Waals surface area contributed by atoms with Crippen molar-refractivity contribution in [2.24, 2.45) is 0 Å². The summed E-state index contributed by atoms with van der Waals surface area (Å²) in [6.45, 7) is 0.143. The van der Waals surface area contributed by atoms with Gasteiger partial charge in [0.1, 0.15) is 5.01 Å². The minimum absolute atomic E-state index is 0.143. The van der Waals surface area contributed by atoms with Gasteiger partial charge in [-0.1, -0.05) is 6.07 Å². The first-order chi connectivity index (χ1) is 9.58. The van der Waals surface area contributed by atoms with Gasteiger partial charge in [0.2, 0.25) is 5.91 Å². The molecule has 3 nitrogen and oxygen atoms in total. The molecule has 2 aromatic rings. The van der Waals surface area contributed by atoms with E-state index in [-0.39, 0.29) is 18.9 Å². The molecular weight excluding hydrogens is 306 g/mol. The summed E-state index contributed by atoms with van der Waals surface area (Å²) in [7, 11) is 0. The van der Waals surface area contributed by atoms with Crippen molar-refractivity contribution in [3.63, 3.8) is 0 Å². The Morgan fingerprint density at radius 1 is 1.35 bits per heavy atom. The molecule has 2 rings (SSSR count). The Bertz CT molecular complexity index is 618. The average Bonchev–Trinajstić information content (AvgIpc) is 2.88. The van der Waals surface area contributed by atoms with Crippen LogP contribution in [0.5, 0.6) is 0 Å². The normalized spacial score (nSPS) is 10.6. The molecule has 0 fully saturated rings. The monoisotopic (exact) mass is 316 g/mol. The van der Waals surface area contributed by atoms with E-state index in [0.29, 0.717) is 16.5 Å². The molecule has 0 radical (unpaired) electrons. The zero-order chi connectivity index (χ0) is 14.5. The summed E-state index contributed by atoms with van der Waals surface area (Å²) in [5.41, 5.74) is 1.23. The lowest BCUT2D eigenvalue weighted by molar-refractivity contribution is -0.120. The van der Waals surface area contributed by atoms with Crippen molar-refractivity contribution < 1.29 is 13.6 Å². The van der Waals surface area contributed by atoms with Gasteiger partial charge in [0.05, 0.1) is 18.0 Å². The number of nitrogens with one attached hydrogen (secondary N) is 1. The van der Waals surface area contributed by atoms with Crippen molar-refractivity contribution in [1.82, 2.24) is 10.3 Å². The quantitative estimate of drug-likeness (QED) is 0.862. The smallest absolute Gasteiger partial charge is 0.227 e. The van der Waals surface area contributed by atoms with E-state index in [1.807, 2.05) is 0 Å². The standard InChI is InChI=1S/C13H11ClF2N2OS/c14-5-9-7-20-13(18-9)4-12(19)17-6-8-1-2-10(15)11(16)3-8/h1-3,7H,4-6H2,(H,17,19). The van der Waals surface area contributed by atoms with Crippen LogP contribution in [0, 0.1) is 11.6 Å². The fraction of sp³-hybridized carbons (Fsp3) is 0.231. The number of aromatic nitrogens is 1. The minimum Gasteiger partial charge on any atom is -0.352 e. The van der Waals surface area contributed by atoms with Gasteiger partial charge in [0.25, 0.3) is 0 Å². The van der Waals surface area contributed by atoms with E-state index in [4.69, 9.17) is 11.6 Å². The Labute approximate surface area is 123 Å². The van der Waals surface area contributed by atoms with Crippen LogP contribution in [-0.4, -0.2) is 10.9 Å². The van der Waals surface area contributed by atoms with Crippen LogP contribution in [0.4, 0.5) is 8.78 Å². The topological polar surface area (TPSA) is 42.0 Å². The second kappa shape index (κ2) is 6.76. The molecule has 7 heteroatoms. The van der Waals surface area contributed by atoms with Gasteiger partial charge < -0.3 is 5.32 Å². The fourth-order valence-electron chi connectivity index (χ4n) is 1.54. The summed E-state index contributed by atoms with van der Waals surface area (Å²) in [5.74, 6) is -1.75. The number of alkyl halides is 1. The summed E-state index contributed by atoms with van der Waals surface area (Å²) in [6.07, 6.45) is 0.144. The molecule has 0 spiro atoms. The molecule has 0 bridgehead atoms. The molecule has 0 saturated heterocycles. The summed E-state index contributed by atoms with van der Waals surface area (Å²) in [4.78, 5) is 15.9. The maximum Gasteiger partial charge on any atom is 0.227 e. The molecule has 106 valence electrons. The lowest BCUT2D eigenvalue weighted by atomic mass is 10.2. The third kappa shape index (κ3) is 3.98. The number of benzene rings is 1. The van der Waals surface area contributed by atoms with Gasteiger partial charge in [-0.25, -0.2) is 13.8 Å². The number of halogens is 3. The van der Waals surface area contributed by atoms with Crippen molar-refractivity contribution in [3.8, 4) is 0 Å². The Hall–Kier alpha value is -1.53. The highest BCUT2D eigenvalue weighted by Gasteiger charge is 2.08. The first-order valence-electron chi connectivity index (χ1n) is 5.78. The molecule has 1 amide bonds. The largest absolute Gasteiger partial charge is 0.352 e. The molecule has 1 heterocycles. The molecule has 1 N–H and O–H groups in total. The molecule has 0 atom stereocenters. The predicted octanol–water partition coefficient (Wildman–Crippen LogP) is 3.02. The average molecular weight is 317 g/mol. The second-order valence-electron chi connectivity index (χ2n) is 4.07. The minimum atomic E-state index is -0.927. The zero-order valence-corrected chi connectivity index (χ0v) is 11.9. The number of nitrogens with zero attached hydrogens (tertiary/aromatic N) is 1. The highest BCUT2D eigenvalue weighted by Crippen LogP contribution is 2.12. The summed E-state index contributed by atoms with van der Waals surface area (Å²) in [5, 5.41) is 5.09. The Morgan fingerprint density at radius 3 is 2.80 bits per heavy atom. The lowest BCUT2D eigenvalue weighted by Gasteiger charge is -2.04. The first-order valence-corrected chi connectivity index (χ1v) is 7.20. The van der Waals surface area contributed by atoms with Crippen LogP contribution in [0.1, 0.15) is 16.3 Å². The molecule has 0 aliphatic rings. The number of carbonyl (C=O) groups excluding carboxylic acids is 1. The molecule has 20 heavy (non-hydrogen) atoms. The Morgan fingerprint density at radius 2 is 2.15 bits per heavy atom. The van der Waals surface area contributed by atoms with Crippen molar-refractivity contribution >= 4 is 28.8 Å². The van der Waals surface area contributed by atoms with E-state index in [0.717, 1.165) is 17.8 Å². The predicted molar refractivity (Wildman–Crippen MR) is 73.6 cm³/mol. The van der Waals surface area contributed by atoms with Crippen LogP contribution < -0.4 is 5.32 Å². The Balaban J connectivity index is 1.87. The zero-order valence-electron chi connectivity index (χ0n) is 10.3. The molecule has 0 aliphatic heterocycles. The number of hydrogen-bond acceptors (Lipinski definition) is 3. The third-order valence-electron chi connectivity index (χ3n) is 2.52. The number of rotatable bonds is 5. The number of carbonyl (C=O) groups is 1. The van der Waals surface area contributed by atoms with Crippen LogP contribution in [-0.2, 0) is 23.6 Å². The van der Waals surface area contributed by atoms with Crippen molar-refractivity contribution in [1.29, 1.82) is 0 Å². The fourth-order valence-corrected chi connectivity index (χ4v) is 2.56. The van der Waals surface area contributed by atoms with Gasteiger partial charge in [0, 0.05) is 11.9 Å². The molecule has 0 aliphatic carbocycles. The van der Waals surface area contributed by atoms with Gasteiger partial charge >= 0.3 is 0 Å². The van der Waals surface area contributed by atoms with Crippen molar-refractivity contribution in [2.45, 2.75) is 18.8 Å². The van der Waals surface area contributed by atoms with E-state index in [1.165, 1.54) is 17.4 Å².